The molecule has 6 aromatic rings. The predicted molar refractivity (Wildman–Crippen MR) is 240 cm³/mol. The van der Waals surface area contributed by atoms with Gasteiger partial charge in [0.15, 0.2) is 0 Å². The van der Waals surface area contributed by atoms with Crippen molar-refractivity contribution in [2.75, 3.05) is 4.90 Å². The van der Waals surface area contributed by atoms with Crippen LogP contribution in [-0.4, -0.2) is 0 Å². The number of nitrogens with zero attached hydrogens (tertiary/aromatic N) is 1. The molecule has 0 bridgehead atoms. The molecule has 3 aliphatic rings. The molecule has 0 unspecified atom stereocenters. The molecule has 6 aromatic carbocycles. The van der Waals surface area contributed by atoms with Gasteiger partial charge in [0.05, 0.1) is 0 Å². The Hall–Kier alpha value is -4.88. The predicted octanol–water partition coefficient (Wildman–Crippen LogP) is 16.2. The van der Waals surface area contributed by atoms with Gasteiger partial charge in [-0.25, -0.2) is 0 Å². The van der Waals surface area contributed by atoms with Crippen LogP contribution >= 0.6 is 0 Å². The first kappa shape index (κ1) is 36.7. The van der Waals surface area contributed by atoms with Crippen LogP contribution in [0.5, 0.6) is 0 Å². The molecule has 0 N–H and O–H groups in total. The van der Waals surface area contributed by atoms with Crippen LogP contribution in [-0.2, 0) is 10.8 Å². The lowest BCUT2D eigenvalue weighted by atomic mass is 9.82. The molecule has 2 saturated carbocycles. The second-order valence-corrected chi connectivity index (χ2v) is 18.7. The Morgan fingerprint density at radius 1 is 0.446 bits per heavy atom. The molecular weight excluding hydrogens is 675 g/mol. The first-order valence-electron chi connectivity index (χ1n) is 21.6. The van der Waals surface area contributed by atoms with Crippen molar-refractivity contribution in [3.63, 3.8) is 0 Å². The molecular formula is C55H59N. The second kappa shape index (κ2) is 14.9. The van der Waals surface area contributed by atoms with E-state index >= 15 is 0 Å². The fourth-order valence-corrected chi connectivity index (χ4v) is 10.2. The molecule has 284 valence electrons. The number of rotatable bonds is 7. The summed E-state index contributed by atoms with van der Waals surface area (Å²) >= 11 is 0. The molecule has 0 spiro atoms. The summed E-state index contributed by atoms with van der Waals surface area (Å²) in [6, 6.07) is 52.0. The Morgan fingerprint density at radius 2 is 0.946 bits per heavy atom. The monoisotopic (exact) mass is 733 g/mol. The fourth-order valence-electron chi connectivity index (χ4n) is 10.2. The molecule has 1 heteroatoms. The van der Waals surface area contributed by atoms with Crippen LogP contribution in [0.25, 0.3) is 33.4 Å². The molecule has 1 nitrogen and oxygen atoms in total. The lowest BCUT2D eigenvalue weighted by Crippen LogP contribution is -2.16. The number of benzene rings is 6. The maximum atomic E-state index is 2.52. The molecule has 0 amide bonds. The minimum Gasteiger partial charge on any atom is -0.310 e. The van der Waals surface area contributed by atoms with Crippen molar-refractivity contribution in [3.8, 4) is 33.4 Å². The zero-order chi connectivity index (χ0) is 38.4. The van der Waals surface area contributed by atoms with Gasteiger partial charge in [-0.1, -0.05) is 164 Å². The summed E-state index contributed by atoms with van der Waals surface area (Å²) in [5, 5.41) is 0. The summed E-state index contributed by atoms with van der Waals surface area (Å²) in [5.41, 5.74) is 18.5. The van der Waals surface area contributed by atoms with E-state index in [-0.39, 0.29) is 10.8 Å². The van der Waals surface area contributed by atoms with Crippen molar-refractivity contribution < 1.29 is 0 Å². The van der Waals surface area contributed by atoms with Gasteiger partial charge in [-0.3, -0.25) is 0 Å². The molecule has 0 atom stereocenters. The van der Waals surface area contributed by atoms with E-state index < -0.39 is 0 Å². The third kappa shape index (κ3) is 7.04. The second-order valence-electron chi connectivity index (χ2n) is 18.7. The Bertz CT molecular complexity index is 2300. The van der Waals surface area contributed by atoms with E-state index in [0.29, 0.717) is 11.8 Å². The van der Waals surface area contributed by atoms with Gasteiger partial charge >= 0.3 is 0 Å². The Morgan fingerprint density at radius 3 is 1.52 bits per heavy atom. The summed E-state index contributed by atoms with van der Waals surface area (Å²) in [7, 11) is 0. The van der Waals surface area contributed by atoms with Crippen LogP contribution in [0, 0.1) is 0 Å². The van der Waals surface area contributed by atoms with E-state index in [0.717, 1.165) is 0 Å². The van der Waals surface area contributed by atoms with E-state index in [1.54, 1.807) is 0 Å². The summed E-state index contributed by atoms with van der Waals surface area (Å²) in [6.07, 6.45) is 13.4. The van der Waals surface area contributed by atoms with E-state index in [2.05, 4.69) is 173 Å². The maximum Gasteiger partial charge on any atom is 0.0473 e. The van der Waals surface area contributed by atoms with Crippen LogP contribution < -0.4 is 4.90 Å². The first-order chi connectivity index (χ1) is 27.1. The van der Waals surface area contributed by atoms with Crippen molar-refractivity contribution in [2.24, 2.45) is 0 Å². The summed E-state index contributed by atoms with van der Waals surface area (Å²) < 4.78 is 0. The van der Waals surface area contributed by atoms with Crippen molar-refractivity contribution in [3.05, 3.63) is 161 Å². The molecule has 3 aliphatic carbocycles. The fraction of sp³-hybridized carbons (Fsp3) is 0.345. The van der Waals surface area contributed by atoms with Crippen LogP contribution in [0.15, 0.2) is 133 Å². The quantitative estimate of drug-likeness (QED) is 0.158. The maximum absolute atomic E-state index is 2.52. The van der Waals surface area contributed by atoms with Crippen LogP contribution in [0.3, 0.4) is 0 Å². The van der Waals surface area contributed by atoms with Crippen molar-refractivity contribution >= 4 is 17.1 Å². The molecule has 0 heterocycles. The van der Waals surface area contributed by atoms with Gasteiger partial charge in [0.25, 0.3) is 0 Å². The zero-order valence-electron chi connectivity index (χ0n) is 34.4. The van der Waals surface area contributed by atoms with Crippen molar-refractivity contribution in [2.45, 2.75) is 121 Å². The van der Waals surface area contributed by atoms with E-state index in [1.807, 2.05) is 0 Å². The van der Waals surface area contributed by atoms with Crippen LogP contribution in [0.1, 0.15) is 138 Å². The van der Waals surface area contributed by atoms with Gasteiger partial charge in [-0.05, 0) is 147 Å². The molecule has 0 aromatic heterocycles. The first-order valence-corrected chi connectivity index (χ1v) is 21.6. The summed E-state index contributed by atoms with van der Waals surface area (Å²) in [6.45, 7) is 11.7. The highest BCUT2D eigenvalue weighted by Crippen LogP contribution is 2.51. The summed E-state index contributed by atoms with van der Waals surface area (Å²) in [4.78, 5) is 2.52. The zero-order valence-corrected chi connectivity index (χ0v) is 34.4. The Labute approximate surface area is 336 Å². The Kier molecular flexibility index (Phi) is 9.77. The number of anilines is 3. The lowest BCUT2D eigenvalue weighted by molar-refractivity contribution is 0.443. The van der Waals surface area contributed by atoms with Crippen molar-refractivity contribution in [1.29, 1.82) is 0 Å². The number of hydrogen-bond donors (Lipinski definition) is 0. The molecule has 0 radical (unpaired) electrons. The lowest BCUT2D eigenvalue weighted by Gasteiger charge is -2.30. The number of hydrogen-bond acceptors (Lipinski definition) is 1. The highest BCUT2D eigenvalue weighted by Gasteiger charge is 2.36. The van der Waals surface area contributed by atoms with E-state index in [4.69, 9.17) is 0 Å². The Balaban J connectivity index is 1.20. The topological polar surface area (TPSA) is 3.24 Å². The van der Waals surface area contributed by atoms with Gasteiger partial charge in [0, 0.05) is 22.5 Å². The molecule has 0 saturated heterocycles. The van der Waals surface area contributed by atoms with Gasteiger partial charge in [0.2, 0.25) is 0 Å². The average Bonchev–Trinajstić information content (AvgIpc) is 3.47. The largest absolute Gasteiger partial charge is 0.310 e. The highest BCUT2D eigenvalue weighted by molar-refractivity contribution is 5.88. The number of fused-ring (bicyclic) bond motifs is 3. The highest BCUT2D eigenvalue weighted by atomic mass is 15.1. The average molecular weight is 734 g/mol. The minimum atomic E-state index is -0.0830. The molecule has 56 heavy (non-hydrogen) atoms. The van der Waals surface area contributed by atoms with E-state index in [1.165, 1.54) is 142 Å². The summed E-state index contributed by atoms with van der Waals surface area (Å²) in [5.74, 6) is 1.37. The SMILES string of the molecule is CC(C)(C)c1ccc(-c2cc(-c3ccc(C4CCCCC4)cc3)cc(N(c3ccc(C4CCCCC4)cc3)c3ccc4c(c3)C(C)(C)c3ccccc3-4)c2)cc1. The van der Waals surface area contributed by atoms with Crippen LogP contribution in [0.4, 0.5) is 17.1 Å². The van der Waals surface area contributed by atoms with Crippen molar-refractivity contribution in [1.82, 2.24) is 0 Å². The third-order valence-corrected chi connectivity index (χ3v) is 13.6. The van der Waals surface area contributed by atoms with Gasteiger partial charge in [0.1, 0.15) is 0 Å². The molecule has 0 aliphatic heterocycles. The van der Waals surface area contributed by atoms with Gasteiger partial charge in [-0.2, -0.15) is 0 Å². The van der Waals surface area contributed by atoms with Gasteiger partial charge < -0.3 is 4.90 Å². The molecule has 2 fully saturated rings. The minimum absolute atomic E-state index is 0.0830. The van der Waals surface area contributed by atoms with E-state index in [9.17, 15) is 0 Å². The normalized spacial score (nSPS) is 17.0. The standard InChI is InChI=1S/C55H59N/c1-54(2,3)46-28-24-43(25-29-46)45-34-44(42-22-20-40(21-23-42)38-14-8-6-9-15-38)35-49(36-45)56(47-30-26-41(27-31-47)39-16-10-7-11-17-39)48-32-33-51-50-18-12-13-19-52(50)55(4,5)53(51)37-48/h12-13,18-39H,6-11,14-17H2,1-5H3. The smallest absolute Gasteiger partial charge is 0.0473 e. The molecule has 9 rings (SSSR count). The third-order valence-electron chi connectivity index (χ3n) is 13.6. The van der Waals surface area contributed by atoms with Crippen LogP contribution in [0.2, 0.25) is 0 Å². The van der Waals surface area contributed by atoms with Gasteiger partial charge in [-0.15, -0.1) is 0 Å².